The average molecular weight is 343 g/mol. The summed E-state index contributed by atoms with van der Waals surface area (Å²) in [5.74, 6) is 0.514. The highest BCUT2D eigenvalue weighted by Crippen LogP contribution is 2.37. The van der Waals surface area contributed by atoms with Crippen LogP contribution in [-0.2, 0) is 4.79 Å². The molecular weight excluding hydrogens is 323 g/mol. The van der Waals surface area contributed by atoms with Crippen LogP contribution in [0.3, 0.4) is 0 Å². The molecule has 22 heavy (non-hydrogen) atoms. The molecule has 0 aliphatic carbocycles. The van der Waals surface area contributed by atoms with Crippen LogP contribution in [0.4, 0.5) is 0 Å². The Morgan fingerprint density at radius 2 is 2.05 bits per heavy atom. The Bertz CT molecular complexity index is 549. The van der Waals surface area contributed by atoms with E-state index in [1.807, 2.05) is 4.90 Å². The monoisotopic (exact) mass is 342 g/mol. The van der Waals surface area contributed by atoms with Crippen molar-refractivity contribution in [1.82, 2.24) is 10.2 Å². The zero-order valence-electron chi connectivity index (χ0n) is 12.4. The van der Waals surface area contributed by atoms with E-state index in [2.05, 4.69) is 5.32 Å². The third kappa shape index (κ3) is 3.50. The van der Waals surface area contributed by atoms with Crippen molar-refractivity contribution in [2.45, 2.75) is 19.3 Å². The molecule has 0 atom stereocenters. The van der Waals surface area contributed by atoms with E-state index in [4.69, 9.17) is 27.9 Å². The molecule has 0 unspecified atom stereocenters. The summed E-state index contributed by atoms with van der Waals surface area (Å²) in [6.07, 6.45) is 3.38. The van der Waals surface area contributed by atoms with Gasteiger partial charge >= 0.3 is 0 Å². The van der Waals surface area contributed by atoms with Gasteiger partial charge in [-0.25, -0.2) is 0 Å². The van der Waals surface area contributed by atoms with Gasteiger partial charge in [0.25, 0.3) is 5.91 Å². The summed E-state index contributed by atoms with van der Waals surface area (Å²) in [6.45, 7) is 3.85. The van der Waals surface area contributed by atoms with Crippen LogP contribution in [0.2, 0.25) is 10.0 Å². The Kier molecular flexibility index (Phi) is 4.81. The lowest BCUT2D eigenvalue weighted by atomic mass is 9.78. The van der Waals surface area contributed by atoms with E-state index in [0.717, 1.165) is 39.0 Å². The minimum Gasteiger partial charge on any atom is -0.482 e. The van der Waals surface area contributed by atoms with Crippen molar-refractivity contribution in [3.05, 3.63) is 28.2 Å². The fraction of sp³-hybridized carbons (Fsp3) is 0.562. The van der Waals surface area contributed by atoms with Crippen LogP contribution < -0.4 is 10.1 Å². The highest BCUT2D eigenvalue weighted by molar-refractivity contribution is 6.35. The standard InChI is InChI=1S/C16H20Cl2N2O2/c17-12-1-2-14(13(18)9-12)22-10-15(21)20-7-4-16(5-8-20)3-6-19-11-16/h1-2,9,19H,3-8,10-11H2. The summed E-state index contributed by atoms with van der Waals surface area (Å²) in [7, 11) is 0. The molecule has 1 amide bonds. The highest BCUT2D eigenvalue weighted by atomic mass is 35.5. The van der Waals surface area contributed by atoms with Crippen molar-refractivity contribution in [2.24, 2.45) is 5.41 Å². The second-order valence-corrected chi connectivity index (χ2v) is 7.01. The van der Waals surface area contributed by atoms with Gasteiger partial charge in [0.15, 0.2) is 6.61 Å². The number of carbonyl (C=O) groups is 1. The van der Waals surface area contributed by atoms with Gasteiger partial charge in [-0.1, -0.05) is 23.2 Å². The first-order chi connectivity index (χ1) is 10.6. The second kappa shape index (κ2) is 6.65. The van der Waals surface area contributed by atoms with Crippen LogP contribution in [-0.4, -0.2) is 43.6 Å². The molecule has 1 N–H and O–H groups in total. The average Bonchev–Trinajstić information content (AvgIpc) is 2.95. The zero-order valence-corrected chi connectivity index (χ0v) is 13.9. The molecule has 0 saturated carbocycles. The van der Waals surface area contributed by atoms with Crippen molar-refractivity contribution >= 4 is 29.1 Å². The van der Waals surface area contributed by atoms with E-state index in [9.17, 15) is 4.79 Å². The number of ether oxygens (including phenoxy) is 1. The van der Waals surface area contributed by atoms with Crippen molar-refractivity contribution in [3.63, 3.8) is 0 Å². The molecule has 2 aliphatic heterocycles. The number of amides is 1. The number of hydrogen-bond acceptors (Lipinski definition) is 3. The number of benzene rings is 1. The number of piperidine rings is 1. The van der Waals surface area contributed by atoms with Gasteiger partial charge in [-0.05, 0) is 49.4 Å². The van der Waals surface area contributed by atoms with E-state index < -0.39 is 0 Å². The Morgan fingerprint density at radius 3 is 2.68 bits per heavy atom. The summed E-state index contributed by atoms with van der Waals surface area (Å²) in [5.41, 5.74) is 0.414. The van der Waals surface area contributed by atoms with Gasteiger partial charge in [-0.3, -0.25) is 4.79 Å². The van der Waals surface area contributed by atoms with Gasteiger partial charge < -0.3 is 15.0 Å². The largest absolute Gasteiger partial charge is 0.482 e. The maximum absolute atomic E-state index is 12.3. The molecule has 2 fully saturated rings. The lowest BCUT2D eigenvalue weighted by Gasteiger charge is -2.38. The van der Waals surface area contributed by atoms with E-state index >= 15 is 0 Å². The van der Waals surface area contributed by atoms with Crippen LogP contribution >= 0.6 is 23.2 Å². The van der Waals surface area contributed by atoms with Crippen LogP contribution in [0.5, 0.6) is 5.75 Å². The lowest BCUT2D eigenvalue weighted by Crippen LogP contribution is -2.45. The summed E-state index contributed by atoms with van der Waals surface area (Å²) >= 11 is 11.9. The molecule has 1 aromatic carbocycles. The third-order valence-corrected chi connectivity index (χ3v) is 5.28. The predicted octanol–water partition coefficient (Wildman–Crippen LogP) is 2.97. The van der Waals surface area contributed by atoms with Crippen LogP contribution in [0.25, 0.3) is 0 Å². The van der Waals surface area contributed by atoms with Gasteiger partial charge in [0.05, 0.1) is 5.02 Å². The van der Waals surface area contributed by atoms with Crippen molar-refractivity contribution in [1.29, 1.82) is 0 Å². The van der Waals surface area contributed by atoms with Crippen LogP contribution in [0, 0.1) is 5.41 Å². The topological polar surface area (TPSA) is 41.6 Å². The number of carbonyl (C=O) groups excluding carboxylic acids is 1. The molecular formula is C16H20Cl2N2O2. The van der Waals surface area contributed by atoms with Gasteiger partial charge in [-0.2, -0.15) is 0 Å². The molecule has 0 aromatic heterocycles. The predicted molar refractivity (Wildman–Crippen MR) is 87.7 cm³/mol. The molecule has 2 saturated heterocycles. The Morgan fingerprint density at radius 1 is 1.27 bits per heavy atom. The van der Waals surface area contributed by atoms with Gasteiger partial charge in [0.2, 0.25) is 0 Å². The minimum atomic E-state index is 0.0202. The van der Waals surface area contributed by atoms with Gasteiger partial charge in [0.1, 0.15) is 5.75 Å². The molecule has 3 rings (SSSR count). The summed E-state index contributed by atoms with van der Waals surface area (Å²) in [5, 5.41) is 4.41. The molecule has 0 bridgehead atoms. The molecule has 2 aliphatic rings. The molecule has 120 valence electrons. The third-order valence-electron chi connectivity index (χ3n) is 4.75. The highest BCUT2D eigenvalue weighted by Gasteiger charge is 2.38. The molecule has 4 nitrogen and oxygen atoms in total. The number of rotatable bonds is 3. The van der Waals surface area contributed by atoms with Crippen LogP contribution in [0.15, 0.2) is 18.2 Å². The van der Waals surface area contributed by atoms with E-state index in [1.165, 1.54) is 6.42 Å². The number of likely N-dealkylation sites (tertiary alicyclic amines) is 1. The maximum Gasteiger partial charge on any atom is 0.260 e. The van der Waals surface area contributed by atoms with Gasteiger partial charge in [0, 0.05) is 24.7 Å². The first-order valence-corrected chi connectivity index (χ1v) is 8.40. The molecule has 1 aromatic rings. The first-order valence-electron chi connectivity index (χ1n) is 7.64. The number of hydrogen-bond donors (Lipinski definition) is 1. The fourth-order valence-electron chi connectivity index (χ4n) is 3.28. The minimum absolute atomic E-state index is 0.0202. The number of halogens is 2. The van der Waals surface area contributed by atoms with Gasteiger partial charge in [-0.15, -0.1) is 0 Å². The van der Waals surface area contributed by atoms with Crippen molar-refractivity contribution < 1.29 is 9.53 Å². The quantitative estimate of drug-likeness (QED) is 0.918. The van der Waals surface area contributed by atoms with E-state index in [1.54, 1.807) is 18.2 Å². The number of nitrogens with one attached hydrogen (secondary N) is 1. The summed E-state index contributed by atoms with van der Waals surface area (Å²) in [6, 6.07) is 5.00. The fourth-order valence-corrected chi connectivity index (χ4v) is 3.74. The lowest BCUT2D eigenvalue weighted by molar-refractivity contribution is -0.135. The molecule has 1 spiro atoms. The summed E-state index contributed by atoms with van der Waals surface area (Å²) in [4.78, 5) is 14.2. The Balaban J connectivity index is 1.50. The Hall–Kier alpha value is -0.970. The van der Waals surface area contributed by atoms with Crippen molar-refractivity contribution in [2.75, 3.05) is 32.8 Å². The SMILES string of the molecule is O=C(COc1ccc(Cl)cc1Cl)N1CCC2(CCNC2)CC1. The summed E-state index contributed by atoms with van der Waals surface area (Å²) < 4.78 is 5.53. The normalized spacial score (nSPS) is 20.4. The smallest absolute Gasteiger partial charge is 0.260 e. The first kappa shape index (κ1) is 15.9. The molecule has 2 heterocycles. The molecule has 6 heteroatoms. The maximum atomic E-state index is 12.3. The van der Waals surface area contributed by atoms with Crippen LogP contribution in [0.1, 0.15) is 19.3 Å². The Labute approximate surface area is 140 Å². The van der Waals surface area contributed by atoms with E-state index in [0.29, 0.717) is 21.2 Å². The van der Waals surface area contributed by atoms with Crippen molar-refractivity contribution in [3.8, 4) is 5.75 Å². The second-order valence-electron chi connectivity index (χ2n) is 6.17. The zero-order chi connectivity index (χ0) is 15.6. The van der Waals surface area contributed by atoms with E-state index in [-0.39, 0.29) is 12.5 Å². The number of nitrogens with zero attached hydrogens (tertiary/aromatic N) is 1. The molecule has 0 radical (unpaired) electrons.